The standard InChI is InChI=1S/C7H11N5O5/c1-15-7(13)9-2-3-16-6-4(5(8)10-14)11-17-12-6/h14H,2-3H2,1H3,(H2,8,10)(H,9,13). The van der Waals surface area contributed by atoms with Gasteiger partial charge in [-0.05, 0) is 10.3 Å². The summed E-state index contributed by atoms with van der Waals surface area (Å²) in [6, 6.07) is 0. The number of methoxy groups -OCH3 is 1. The van der Waals surface area contributed by atoms with E-state index in [1.807, 2.05) is 0 Å². The van der Waals surface area contributed by atoms with Crippen LogP contribution in [0.1, 0.15) is 5.69 Å². The number of amidine groups is 1. The highest BCUT2D eigenvalue weighted by molar-refractivity contribution is 5.96. The van der Waals surface area contributed by atoms with E-state index >= 15 is 0 Å². The number of nitrogens with zero attached hydrogens (tertiary/aromatic N) is 3. The van der Waals surface area contributed by atoms with Crippen LogP contribution < -0.4 is 15.8 Å². The van der Waals surface area contributed by atoms with Gasteiger partial charge in [-0.1, -0.05) is 5.16 Å². The number of nitrogens with one attached hydrogen (secondary N) is 1. The summed E-state index contributed by atoms with van der Waals surface area (Å²) in [5.74, 6) is -0.325. The van der Waals surface area contributed by atoms with E-state index < -0.39 is 6.09 Å². The molecule has 0 aliphatic carbocycles. The summed E-state index contributed by atoms with van der Waals surface area (Å²) in [4.78, 5) is 10.7. The average Bonchev–Trinajstić information content (AvgIpc) is 2.81. The second-order valence-electron chi connectivity index (χ2n) is 2.67. The van der Waals surface area contributed by atoms with Gasteiger partial charge in [-0.15, -0.1) is 0 Å². The first-order chi connectivity index (χ1) is 8.19. The molecule has 0 unspecified atom stereocenters. The van der Waals surface area contributed by atoms with E-state index in [9.17, 15) is 4.79 Å². The van der Waals surface area contributed by atoms with Crippen LogP contribution in [0.2, 0.25) is 0 Å². The zero-order chi connectivity index (χ0) is 12.7. The Morgan fingerprint density at radius 1 is 1.65 bits per heavy atom. The van der Waals surface area contributed by atoms with Gasteiger partial charge in [0.25, 0.3) is 5.88 Å². The van der Waals surface area contributed by atoms with Crippen molar-refractivity contribution in [1.29, 1.82) is 0 Å². The maximum Gasteiger partial charge on any atom is 0.406 e. The van der Waals surface area contributed by atoms with E-state index in [0.717, 1.165) is 0 Å². The molecule has 1 amide bonds. The second-order valence-corrected chi connectivity index (χ2v) is 2.67. The lowest BCUT2D eigenvalue weighted by atomic mass is 10.4. The first-order valence-electron chi connectivity index (χ1n) is 4.44. The Kier molecular flexibility index (Phi) is 4.54. The van der Waals surface area contributed by atoms with Gasteiger partial charge in [0.2, 0.25) is 5.69 Å². The second kappa shape index (κ2) is 6.15. The summed E-state index contributed by atoms with van der Waals surface area (Å²) in [6.45, 7) is 0.282. The van der Waals surface area contributed by atoms with Crippen LogP contribution in [0.4, 0.5) is 4.79 Å². The van der Waals surface area contributed by atoms with Crippen LogP contribution in [0.5, 0.6) is 5.88 Å². The van der Waals surface area contributed by atoms with Gasteiger partial charge in [0, 0.05) is 0 Å². The Labute approximate surface area is 95.3 Å². The van der Waals surface area contributed by atoms with Crippen molar-refractivity contribution in [2.75, 3.05) is 20.3 Å². The Morgan fingerprint density at radius 3 is 3.06 bits per heavy atom. The number of hydrogen-bond acceptors (Lipinski definition) is 8. The molecule has 1 aromatic heterocycles. The highest BCUT2D eigenvalue weighted by Crippen LogP contribution is 2.11. The molecule has 1 rings (SSSR count). The number of ether oxygens (including phenoxy) is 2. The van der Waals surface area contributed by atoms with E-state index in [4.69, 9.17) is 15.7 Å². The van der Waals surface area contributed by atoms with Crippen LogP contribution in [0, 0.1) is 0 Å². The molecule has 0 saturated heterocycles. The highest BCUT2D eigenvalue weighted by Gasteiger charge is 2.15. The average molecular weight is 245 g/mol. The zero-order valence-electron chi connectivity index (χ0n) is 8.91. The van der Waals surface area contributed by atoms with Crippen LogP contribution in [-0.4, -0.2) is 47.7 Å². The molecule has 0 aromatic carbocycles. The maximum absolute atomic E-state index is 10.7. The van der Waals surface area contributed by atoms with Crippen molar-refractivity contribution in [3.63, 3.8) is 0 Å². The number of aromatic nitrogens is 2. The smallest absolute Gasteiger partial charge is 0.406 e. The number of carbonyl (C=O) groups is 1. The van der Waals surface area contributed by atoms with Gasteiger partial charge >= 0.3 is 6.09 Å². The number of alkyl carbamates (subject to hydrolysis) is 1. The Bertz CT molecular complexity index is 403. The Balaban J connectivity index is 2.42. The van der Waals surface area contributed by atoms with Crippen molar-refractivity contribution in [2.45, 2.75) is 0 Å². The van der Waals surface area contributed by atoms with Gasteiger partial charge in [0.05, 0.1) is 13.7 Å². The number of carbonyl (C=O) groups excluding carboxylic acids is 1. The molecular formula is C7H11N5O5. The zero-order valence-corrected chi connectivity index (χ0v) is 8.91. The van der Waals surface area contributed by atoms with Crippen molar-refractivity contribution >= 4 is 11.9 Å². The van der Waals surface area contributed by atoms with E-state index in [2.05, 4.69) is 30.2 Å². The van der Waals surface area contributed by atoms with Gasteiger partial charge in [0.15, 0.2) is 5.84 Å². The number of nitrogens with two attached hydrogens (primary N) is 1. The van der Waals surface area contributed by atoms with Gasteiger partial charge in [-0.3, -0.25) is 0 Å². The lowest BCUT2D eigenvalue weighted by Gasteiger charge is -2.04. The third-order valence-electron chi connectivity index (χ3n) is 1.60. The van der Waals surface area contributed by atoms with Crippen LogP contribution in [0.3, 0.4) is 0 Å². The largest absolute Gasteiger partial charge is 0.472 e. The molecule has 0 saturated carbocycles. The summed E-state index contributed by atoms with van der Waals surface area (Å²) in [7, 11) is 1.24. The molecule has 94 valence electrons. The van der Waals surface area contributed by atoms with E-state index in [0.29, 0.717) is 0 Å². The fourth-order valence-electron chi connectivity index (χ4n) is 0.852. The third kappa shape index (κ3) is 3.52. The first-order valence-corrected chi connectivity index (χ1v) is 4.44. The van der Waals surface area contributed by atoms with Crippen LogP contribution in [0.25, 0.3) is 0 Å². The molecule has 4 N–H and O–H groups in total. The number of amides is 1. The molecule has 0 aliphatic heterocycles. The van der Waals surface area contributed by atoms with Crippen LogP contribution in [-0.2, 0) is 4.74 Å². The molecule has 10 nitrogen and oxygen atoms in total. The molecule has 10 heteroatoms. The van der Waals surface area contributed by atoms with Gasteiger partial charge in [0.1, 0.15) is 6.61 Å². The molecular weight excluding hydrogens is 234 g/mol. The molecule has 0 fully saturated rings. The minimum atomic E-state index is -0.580. The Hall–Kier alpha value is -2.52. The molecule has 0 radical (unpaired) electrons. The van der Waals surface area contributed by atoms with E-state index in [1.54, 1.807) is 0 Å². The predicted octanol–water partition coefficient (Wildman–Crippen LogP) is -1.10. The quantitative estimate of drug-likeness (QED) is 0.195. The summed E-state index contributed by atoms with van der Waals surface area (Å²) in [5.41, 5.74) is 5.26. The fraction of sp³-hybridized carbons (Fsp3) is 0.429. The minimum absolute atomic E-state index is 0.0226. The normalized spacial score (nSPS) is 11.0. The predicted molar refractivity (Wildman–Crippen MR) is 52.7 cm³/mol. The van der Waals surface area contributed by atoms with Crippen molar-refractivity contribution in [2.24, 2.45) is 10.9 Å². The van der Waals surface area contributed by atoms with Crippen LogP contribution in [0.15, 0.2) is 9.78 Å². The van der Waals surface area contributed by atoms with Crippen molar-refractivity contribution in [1.82, 2.24) is 15.6 Å². The van der Waals surface area contributed by atoms with E-state index in [1.165, 1.54) is 7.11 Å². The van der Waals surface area contributed by atoms with Gasteiger partial charge in [-0.25, -0.2) is 9.42 Å². The lowest BCUT2D eigenvalue weighted by Crippen LogP contribution is -2.28. The summed E-state index contributed by atoms with van der Waals surface area (Å²) < 4.78 is 13.8. The highest BCUT2D eigenvalue weighted by atomic mass is 16.6. The molecule has 1 heterocycles. The van der Waals surface area contributed by atoms with Crippen molar-refractivity contribution in [3.05, 3.63) is 5.69 Å². The van der Waals surface area contributed by atoms with E-state index in [-0.39, 0.29) is 30.6 Å². The van der Waals surface area contributed by atoms with Crippen molar-refractivity contribution < 1.29 is 24.1 Å². The number of oxime groups is 1. The summed E-state index contributed by atoms with van der Waals surface area (Å²) in [6.07, 6.45) is -0.580. The maximum atomic E-state index is 10.7. The molecule has 0 atom stereocenters. The summed E-state index contributed by atoms with van der Waals surface area (Å²) in [5, 5.41) is 20.3. The van der Waals surface area contributed by atoms with Crippen LogP contribution >= 0.6 is 0 Å². The molecule has 17 heavy (non-hydrogen) atoms. The monoisotopic (exact) mass is 245 g/mol. The topological polar surface area (TPSA) is 145 Å². The molecule has 0 bridgehead atoms. The SMILES string of the molecule is COC(=O)NCCOc1nonc1/C(N)=N/O. The molecule has 0 aliphatic rings. The van der Waals surface area contributed by atoms with Gasteiger partial charge < -0.3 is 25.7 Å². The Morgan fingerprint density at radius 2 is 2.41 bits per heavy atom. The molecule has 0 spiro atoms. The number of hydrogen-bond donors (Lipinski definition) is 3. The first kappa shape index (κ1) is 12.5. The fourth-order valence-corrected chi connectivity index (χ4v) is 0.852. The van der Waals surface area contributed by atoms with Gasteiger partial charge in [-0.2, -0.15) is 0 Å². The lowest BCUT2D eigenvalue weighted by molar-refractivity contribution is 0.167. The summed E-state index contributed by atoms with van der Waals surface area (Å²) >= 11 is 0. The minimum Gasteiger partial charge on any atom is -0.472 e. The molecule has 1 aromatic rings. The third-order valence-corrected chi connectivity index (χ3v) is 1.60. The number of rotatable bonds is 5. The van der Waals surface area contributed by atoms with Crippen molar-refractivity contribution in [3.8, 4) is 5.88 Å².